The highest BCUT2D eigenvalue weighted by Crippen LogP contribution is 2.19. The predicted molar refractivity (Wildman–Crippen MR) is 96.3 cm³/mol. The highest BCUT2D eigenvalue weighted by molar-refractivity contribution is 14.1. The first-order valence-corrected chi connectivity index (χ1v) is 8.30. The standard InChI is InChI=1S/C16H13ClFIN2O3/c1-9(24-14-5-3-2-4-12(14)18)15(22)20-21-16(23)10-6-7-11(17)13(19)8-10/h2-9H,1H3,(H,20,22)(H,21,23). The SMILES string of the molecule is CC(Oc1ccccc1F)C(=O)NNC(=O)c1ccc(Cl)c(I)c1. The van der Waals surface area contributed by atoms with Crippen molar-refractivity contribution in [3.63, 3.8) is 0 Å². The van der Waals surface area contributed by atoms with Crippen molar-refractivity contribution < 1.29 is 18.7 Å². The molecule has 2 N–H and O–H groups in total. The van der Waals surface area contributed by atoms with Crippen LogP contribution in [0, 0.1) is 9.39 Å². The van der Waals surface area contributed by atoms with Crippen molar-refractivity contribution in [2.24, 2.45) is 0 Å². The molecule has 0 aromatic heterocycles. The summed E-state index contributed by atoms with van der Waals surface area (Å²) in [6.45, 7) is 1.44. The van der Waals surface area contributed by atoms with E-state index in [9.17, 15) is 14.0 Å². The molecule has 2 aromatic rings. The minimum absolute atomic E-state index is 0.0428. The Bertz CT molecular complexity index is 773. The fraction of sp³-hybridized carbons (Fsp3) is 0.125. The molecule has 0 heterocycles. The second-order valence-electron chi connectivity index (χ2n) is 4.76. The Morgan fingerprint density at radius 3 is 2.58 bits per heavy atom. The van der Waals surface area contributed by atoms with Gasteiger partial charge < -0.3 is 4.74 Å². The number of para-hydroxylation sites is 1. The summed E-state index contributed by atoms with van der Waals surface area (Å²) in [7, 11) is 0. The third-order valence-corrected chi connectivity index (χ3v) is 4.53. The normalized spacial score (nSPS) is 11.5. The number of nitrogens with one attached hydrogen (secondary N) is 2. The molecule has 2 rings (SSSR count). The summed E-state index contributed by atoms with van der Waals surface area (Å²) in [5.74, 6) is -1.73. The van der Waals surface area contributed by atoms with E-state index >= 15 is 0 Å². The number of ether oxygens (including phenoxy) is 1. The fourth-order valence-corrected chi connectivity index (χ4v) is 2.35. The summed E-state index contributed by atoms with van der Waals surface area (Å²) >= 11 is 7.88. The molecule has 0 radical (unpaired) electrons. The van der Waals surface area contributed by atoms with Crippen LogP contribution in [0.5, 0.6) is 5.75 Å². The smallest absolute Gasteiger partial charge is 0.279 e. The third-order valence-electron chi connectivity index (χ3n) is 2.99. The molecule has 2 amide bonds. The van der Waals surface area contributed by atoms with Crippen molar-refractivity contribution in [3.05, 3.63) is 62.4 Å². The molecule has 0 saturated heterocycles. The van der Waals surface area contributed by atoms with Crippen molar-refractivity contribution in [1.82, 2.24) is 10.9 Å². The second kappa shape index (κ2) is 8.29. The van der Waals surface area contributed by atoms with Gasteiger partial charge in [0.05, 0.1) is 5.02 Å². The van der Waals surface area contributed by atoms with Gasteiger partial charge in [-0.3, -0.25) is 20.4 Å². The van der Waals surface area contributed by atoms with E-state index in [1.54, 1.807) is 18.2 Å². The van der Waals surface area contributed by atoms with Gasteiger partial charge in [0, 0.05) is 9.13 Å². The zero-order chi connectivity index (χ0) is 17.7. The molecule has 0 fully saturated rings. The number of hydrazine groups is 1. The van der Waals surface area contributed by atoms with Crippen LogP contribution >= 0.6 is 34.2 Å². The third kappa shape index (κ3) is 4.81. The Hall–Kier alpha value is -1.87. The van der Waals surface area contributed by atoms with Crippen molar-refractivity contribution >= 4 is 46.0 Å². The highest BCUT2D eigenvalue weighted by atomic mass is 127. The van der Waals surface area contributed by atoms with Gasteiger partial charge in [0.2, 0.25) is 0 Å². The Morgan fingerprint density at radius 2 is 1.92 bits per heavy atom. The number of halogens is 3. The van der Waals surface area contributed by atoms with E-state index in [1.807, 2.05) is 22.6 Å². The van der Waals surface area contributed by atoms with Gasteiger partial charge in [-0.25, -0.2) is 4.39 Å². The van der Waals surface area contributed by atoms with Gasteiger partial charge >= 0.3 is 0 Å². The van der Waals surface area contributed by atoms with E-state index in [1.165, 1.54) is 31.2 Å². The first kappa shape index (κ1) is 18.5. The van der Waals surface area contributed by atoms with Crippen LogP contribution in [-0.4, -0.2) is 17.9 Å². The molecule has 2 aromatic carbocycles. The molecule has 0 spiro atoms. The van der Waals surface area contributed by atoms with Gasteiger partial charge in [0.25, 0.3) is 11.8 Å². The molecule has 0 saturated carbocycles. The Labute approximate surface area is 156 Å². The van der Waals surface area contributed by atoms with Crippen LogP contribution < -0.4 is 15.6 Å². The minimum atomic E-state index is -0.993. The number of amides is 2. The number of hydrogen-bond donors (Lipinski definition) is 2. The van der Waals surface area contributed by atoms with Gasteiger partial charge in [0.15, 0.2) is 17.7 Å². The quantitative estimate of drug-likeness (QED) is 0.541. The highest BCUT2D eigenvalue weighted by Gasteiger charge is 2.17. The summed E-state index contributed by atoms with van der Waals surface area (Å²) in [5, 5.41) is 0.531. The molecule has 5 nitrogen and oxygen atoms in total. The molecule has 0 bridgehead atoms. The molecule has 0 aliphatic rings. The van der Waals surface area contributed by atoms with E-state index in [2.05, 4.69) is 10.9 Å². The van der Waals surface area contributed by atoms with Crippen molar-refractivity contribution in [2.45, 2.75) is 13.0 Å². The van der Waals surface area contributed by atoms with Crippen LogP contribution in [0.25, 0.3) is 0 Å². The molecular weight excluding hydrogens is 450 g/mol. The van der Waals surface area contributed by atoms with Crippen molar-refractivity contribution in [3.8, 4) is 5.75 Å². The Morgan fingerprint density at radius 1 is 1.21 bits per heavy atom. The van der Waals surface area contributed by atoms with Gasteiger partial charge in [-0.1, -0.05) is 23.7 Å². The molecule has 1 atom stereocenters. The molecule has 1 unspecified atom stereocenters. The lowest BCUT2D eigenvalue weighted by molar-refractivity contribution is -0.128. The summed E-state index contributed by atoms with van der Waals surface area (Å²) in [5.41, 5.74) is 4.84. The predicted octanol–water partition coefficient (Wildman–Crippen LogP) is 3.31. The number of carbonyl (C=O) groups excluding carboxylic acids is 2. The van der Waals surface area contributed by atoms with Crippen LogP contribution in [0.15, 0.2) is 42.5 Å². The number of rotatable bonds is 4. The largest absolute Gasteiger partial charge is 0.478 e. The van der Waals surface area contributed by atoms with E-state index in [0.717, 1.165) is 0 Å². The second-order valence-corrected chi connectivity index (χ2v) is 6.33. The zero-order valence-electron chi connectivity index (χ0n) is 12.5. The lowest BCUT2D eigenvalue weighted by Crippen LogP contribution is -2.47. The maximum atomic E-state index is 13.5. The van der Waals surface area contributed by atoms with E-state index in [0.29, 0.717) is 14.2 Å². The minimum Gasteiger partial charge on any atom is -0.478 e. The van der Waals surface area contributed by atoms with Crippen LogP contribution in [0.2, 0.25) is 5.02 Å². The average Bonchev–Trinajstić information content (AvgIpc) is 2.56. The van der Waals surface area contributed by atoms with Gasteiger partial charge in [-0.15, -0.1) is 0 Å². The topological polar surface area (TPSA) is 67.4 Å². The van der Waals surface area contributed by atoms with Crippen molar-refractivity contribution in [1.29, 1.82) is 0 Å². The van der Waals surface area contributed by atoms with Gasteiger partial charge in [0.1, 0.15) is 0 Å². The van der Waals surface area contributed by atoms with E-state index < -0.39 is 23.7 Å². The van der Waals surface area contributed by atoms with E-state index in [4.69, 9.17) is 16.3 Å². The lowest BCUT2D eigenvalue weighted by atomic mass is 10.2. The van der Waals surface area contributed by atoms with Gasteiger partial charge in [-0.2, -0.15) is 0 Å². The van der Waals surface area contributed by atoms with Gasteiger partial charge in [-0.05, 0) is 59.8 Å². The summed E-state index contributed by atoms with van der Waals surface area (Å²) in [6, 6.07) is 10.4. The first-order chi connectivity index (χ1) is 11.4. The molecule has 8 heteroatoms. The Balaban J connectivity index is 1.91. The monoisotopic (exact) mass is 462 g/mol. The summed E-state index contributed by atoms with van der Waals surface area (Å²) < 4.78 is 19.4. The number of carbonyl (C=O) groups is 2. The van der Waals surface area contributed by atoms with Crippen LogP contribution in [0.3, 0.4) is 0 Å². The number of hydrogen-bond acceptors (Lipinski definition) is 3. The molecule has 0 aliphatic heterocycles. The Kier molecular flexibility index (Phi) is 6.38. The van der Waals surface area contributed by atoms with Crippen LogP contribution in [0.4, 0.5) is 4.39 Å². The summed E-state index contributed by atoms with van der Waals surface area (Å²) in [6.07, 6.45) is -0.993. The first-order valence-electron chi connectivity index (χ1n) is 6.85. The zero-order valence-corrected chi connectivity index (χ0v) is 15.4. The number of benzene rings is 2. The molecule has 24 heavy (non-hydrogen) atoms. The van der Waals surface area contributed by atoms with Crippen molar-refractivity contribution in [2.75, 3.05) is 0 Å². The lowest BCUT2D eigenvalue weighted by Gasteiger charge is -2.15. The van der Waals surface area contributed by atoms with E-state index in [-0.39, 0.29) is 5.75 Å². The molecular formula is C16H13ClFIN2O3. The van der Waals surface area contributed by atoms with Crippen LogP contribution in [0.1, 0.15) is 17.3 Å². The fourth-order valence-electron chi connectivity index (χ4n) is 1.71. The molecule has 126 valence electrons. The summed E-state index contributed by atoms with van der Waals surface area (Å²) in [4.78, 5) is 23.9. The maximum Gasteiger partial charge on any atom is 0.279 e. The average molecular weight is 463 g/mol. The van der Waals surface area contributed by atoms with Crippen LogP contribution in [-0.2, 0) is 4.79 Å². The molecule has 0 aliphatic carbocycles. The maximum absolute atomic E-state index is 13.5.